The van der Waals surface area contributed by atoms with Crippen LogP contribution in [-0.2, 0) is 13.0 Å². The standard InChI is InChI=1S/C26H21F3N2O3S/c1-33-24-5-3-2-4-17(24)10-11-30-25(32)23-15-35-26(31-23)19-8-7-18(13-21(19)28)34-14-16-6-9-20(27)22(29)12-16/h2-9,12-13,15H,10-11,14H2,1H3,(H,30,32). The Morgan fingerprint density at radius 1 is 1.00 bits per heavy atom. The number of hydrogen-bond donors (Lipinski definition) is 1. The van der Waals surface area contributed by atoms with Crippen molar-refractivity contribution < 1.29 is 27.4 Å². The van der Waals surface area contributed by atoms with Crippen LogP contribution in [0, 0.1) is 17.5 Å². The van der Waals surface area contributed by atoms with E-state index in [9.17, 15) is 18.0 Å². The van der Waals surface area contributed by atoms with Gasteiger partial charge in [0.25, 0.3) is 5.91 Å². The molecule has 4 rings (SSSR count). The highest BCUT2D eigenvalue weighted by Gasteiger charge is 2.15. The van der Waals surface area contributed by atoms with Crippen LogP contribution in [0.15, 0.2) is 66.0 Å². The van der Waals surface area contributed by atoms with Crippen molar-refractivity contribution in [1.82, 2.24) is 10.3 Å². The van der Waals surface area contributed by atoms with Crippen LogP contribution < -0.4 is 14.8 Å². The van der Waals surface area contributed by atoms with E-state index in [1.807, 2.05) is 24.3 Å². The van der Waals surface area contributed by atoms with Crippen molar-refractivity contribution >= 4 is 17.2 Å². The molecule has 0 spiro atoms. The zero-order valence-electron chi connectivity index (χ0n) is 18.7. The predicted molar refractivity (Wildman–Crippen MR) is 127 cm³/mol. The van der Waals surface area contributed by atoms with E-state index in [1.54, 1.807) is 18.6 Å². The van der Waals surface area contributed by atoms with Crippen LogP contribution in [-0.4, -0.2) is 24.5 Å². The molecule has 0 radical (unpaired) electrons. The van der Waals surface area contributed by atoms with Gasteiger partial charge in [-0.3, -0.25) is 4.79 Å². The van der Waals surface area contributed by atoms with Gasteiger partial charge < -0.3 is 14.8 Å². The van der Waals surface area contributed by atoms with Crippen molar-refractivity contribution in [3.8, 4) is 22.1 Å². The summed E-state index contributed by atoms with van der Waals surface area (Å²) in [5.74, 6) is -1.88. The lowest BCUT2D eigenvalue weighted by Gasteiger charge is -2.08. The summed E-state index contributed by atoms with van der Waals surface area (Å²) in [6, 6.07) is 15.2. The molecule has 0 atom stereocenters. The van der Waals surface area contributed by atoms with Crippen LogP contribution in [0.2, 0.25) is 0 Å². The zero-order valence-corrected chi connectivity index (χ0v) is 19.5. The lowest BCUT2D eigenvalue weighted by atomic mass is 10.1. The maximum atomic E-state index is 14.7. The number of carbonyl (C=O) groups excluding carboxylic acids is 1. The summed E-state index contributed by atoms with van der Waals surface area (Å²) >= 11 is 1.15. The van der Waals surface area contributed by atoms with E-state index in [0.29, 0.717) is 23.5 Å². The molecule has 0 fully saturated rings. The molecule has 0 unspecified atom stereocenters. The molecule has 1 amide bonds. The molecule has 1 N–H and O–H groups in total. The zero-order chi connectivity index (χ0) is 24.8. The lowest BCUT2D eigenvalue weighted by molar-refractivity contribution is 0.0950. The fourth-order valence-corrected chi connectivity index (χ4v) is 4.19. The minimum absolute atomic E-state index is 0.0492. The number of amides is 1. The maximum Gasteiger partial charge on any atom is 0.270 e. The molecule has 180 valence electrons. The molecule has 35 heavy (non-hydrogen) atoms. The minimum atomic E-state index is -0.976. The maximum absolute atomic E-state index is 14.7. The van der Waals surface area contributed by atoms with Crippen molar-refractivity contribution in [1.29, 1.82) is 0 Å². The number of benzene rings is 3. The van der Waals surface area contributed by atoms with E-state index in [4.69, 9.17) is 9.47 Å². The van der Waals surface area contributed by atoms with Crippen molar-refractivity contribution in [3.05, 3.63) is 100 Å². The first-order chi connectivity index (χ1) is 16.9. The number of nitrogens with one attached hydrogen (secondary N) is 1. The Balaban J connectivity index is 1.35. The molecule has 9 heteroatoms. The first-order valence-electron chi connectivity index (χ1n) is 10.7. The molecule has 3 aromatic carbocycles. The average Bonchev–Trinajstić information content (AvgIpc) is 3.35. The molecule has 0 aliphatic rings. The number of rotatable bonds is 9. The Morgan fingerprint density at radius 2 is 1.83 bits per heavy atom. The SMILES string of the molecule is COc1ccccc1CCNC(=O)c1csc(-c2ccc(OCc3ccc(F)c(F)c3)cc2F)n1. The molecular weight excluding hydrogens is 477 g/mol. The molecule has 5 nitrogen and oxygen atoms in total. The van der Waals surface area contributed by atoms with Crippen LogP contribution in [0.1, 0.15) is 21.6 Å². The molecule has 1 heterocycles. The number of carbonyl (C=O) groups is 1. The highest BCUT2D eigenvalue weighted by atomic mass is 32.1. The van der Waals surface area contributed by atoms with Crippen molar-refractivity contribution in [3.63, 3.8) is 0 Å². The molecule has 0 aliphatic heterocycles. The second-order valence-electron chi connectivity index (χ2n) is 7.53. The number of nitrogens with zero attached hydrogens (tertiary/aromatic N) is 1. The van der Waals surface area contributed by atoms with E-state index >= 15 is 0 Å². The molecule has 0 aliphatic carbocycles. The summed E-state index contributed by atoms with van der Waals surface area (Å²) in [6.07, 6.45) is 0.591. The van der Waals surface area contributed by atoms with Gasteiger partial charge in [-0.25, -0.2) is 18.2 Å². The third kappa shape index (κ3) is 5.99. The highest BCUT2D eigenvalue weighted by Crippen LogP contribution is 2.29. The number of hydrogen-bond acceptors (Lipinski definition) is 5. The third-order valence-electron chi connectivity index (χ3n) is 5.17. The van der Waals surface area contributed by atoms with Crippen LogP contribution in [0.3, 0.4) is 0 Å². The monoisotopic (exact) mass is 498 g/mol. The first-order valence-corrected chi connectivity index (χ1v) is 11.5. The fourth-order valence-electron chi connectivity index (χ4n) is 3.37. The van der Waals surface area contributed by atoms with Crippen molar-refractivity contribution in [2.75, 3.05) is 13.7 Å². The van der Waals surface area contributed by atoms with Gasteiger partial charge in [-0.15, -0.1) is 11.3 Å². The Morgan fingerprint density at radius 3 is 2.60 bits per heavy atom. The summed E-state index contributed by atoms with van der Waals surface area (Å²) in [7, 11) is 1.60. The summed E-state index contributed by atoms with van der Waals surface area (Å²) in [4.78, 5) is 16.7. The lowest BCUT2D eigenvalue weighted by Crippen LogP contribution is -2.26. The van der Waals surface area contributed by atoms with Gasteiger partial charge in [0, 0.05) is 23.6 Å². The number of thiazole rings is 1. The van der Waals surface area contributed by atoms with Crippen molar-refractivity contribution in [2.45, 2.75) is 13.0 Å². The topological polar surface area (TPSA) is 60.5 Å². The summed E-state index contributed by atoms with van der Waals surface area (Å²) < 4.78 is 51.9. The van der Waals surface area contributed by atoms with Crippen LogP contribution in [0.25, 0.3) is 10.6 Å². The summed E-state index contributed by atoms with van der Waals surface area (Å²) in [6.45, 7) is 0.344. The Hall–Kier alpha value is -3.85. The average molecular weight is 499 g/mol. The fraction of sp³-hybridized carbons (Fsp3) is 0.154. The Labute approximate surface area is 204 Å². The van der Waals surface area contributed by atoms with Gasteiger partial charge >= 0.3 is 0 Å². The van der Waals surface area contributed by atoms with Crippen LogP contribution >= 0.6 is 11.3 Å². The second-order valence-corrected chi connectivity index (χ2v) is 8.39. The second kappa shape index (κ2) is 11.1. The molecular formula is C26H21F3N2O3S. The van der Waals surface area contributed by atoms with Crippen molar-refractivity contribution in [2.24, 2.45) is 0 Å². The quantitative estimate of drug-likeness (QED) is 0.318. The summed E-state index contributed by atoms with van der Waals surface area (Å²) in [5.41, 5.74) is 1.81. The van der Waals surface area contributed by atoms with Gasteiger partial charge in [-0.2, -0.15) is 0 Å². The van der Waals surface area contributed by atoms with E-state index in [0.717, 1.165) is 34.8 Å². The first kappa shape index (κ1) is 24.3. The van der Waals surface area contributed by atoms with E-state index < -0.39 is 17.5 Å². The van der Waals surface area contributed by atoms with Gasteiger partial charge in [-0.1, -0.05) is 24.3 Å². The molecule has 1 aromatic heterocycles. The number of aromatic nitrogens is 1. The largest absolute Gasteiger partial charge is 0.496 e. The predicted octanol–water partition coefficient (Wildman–Crippen LogP) is 5.79. The Kier molecular flexibility index (Phi) is 7.67. The Bertz CT molecular complexity index is 1340. The van der Waals surface area contributed by atoms with Crippen LogP contribution in [0.5, 0.6) is 11.5 Å². The molecule has 0 saturated carbocycles. The van der Waals surface area contributed by atoms with Gasteiger partial charge in [0.2, 0.25) is 0 Å². The van der Waals surface area contributed by atoms with E-state index in [2.05, 4.69) is 10.3 Å². The van der Waals surface area contributed by atoms with E-state index in [-0.39, 0.29) is 29.5 Å². The van der Waals surface area contributed by atoms with Gasteiger partial charge in [-0.05, 0) is 47.9 Å². The van der Waals surface area contributed by atoms with E-state index in [1.165, 1.54) is 18.2 Å². The molecule has 0 bridgehead atoms. The van der Waals surface area contributed by atoms with Gasteiger partial charge in [0.15, 0.2) is 11.6 Å². The van der Waals surface area contributed by atoms with Gasteiger partial charge in [0.05, 0.1) is 7.11 Å². The third-order valence-corrected chi connectivity index (χ3v) is 6.05. The normalized spacial score (nSPS) is 10.7. The minimum Gasteiger partial charge on any atom is -0.496 e. The van der Waals surface area contributed by atoms with Crippen LogP contribution in [0.4, 0.5) is 13.2 Å². The smallest absolute Gasteiger partial charge is 0.270 e. The highest BCUT2D eigenvalue weighted by molar-refractivity contribution is 7.13. The number of para-hydroxylation sites is 1. The van der Waals surface area contributed by atoms with Gasteiger partial charge in [0.1, 0.15) is 34.6 Å². The molecule has 0 saturated heterocycles. The number of methoxy groups -OCH3 is 1. The summed E-state index contributed by atoms with van der Waals surface area (Å²) in [5, 5.41) is 4.73. The number of halogens is 3. The molecule has 4 aromatic rings. The number of ether oxygens (including phenoxy) is 2.